The Labute approximate surface area is 142 Å². The lowest BCUT2D eigenvalue weighted by Gasteiger charge is -2.23. The summed E-state index contributed by atoms with van der Waals surface area (Å²) in [4.78, 5) is 23.2. The Balaban J connectivity index is 2.83. The molecule has 122 valence electrons. The van der Waals surface area contributed by atoms with Crippen LogP contribution in [0.4, 0.5) is 4.79 Å². The number of rotatable bonds is 5. The molecule has 1 rings (SSSR count). The minimum Gasteiger partial charge on any atom is -0.467 e. The molecule has 22 heavy (non-hydrogen) atoms. The number of hydrogen-bond acceptors (Lipinski definition) is 5. The van der Waals surface area contributed by atoms with Crippen molar-refractivity contribution in [1.29, 1.82) is 0 Å². The molecule has 0 spiro atoms. The van der Waals surface area contributed by atoms with E-state index in [0.29, 0.717) is 5.56 Å². The summed E-state index contributed by atoms with van der Waals surface area (Å²) < 4.78 is 7.42. The number of alkyl carbamates (subject to hydrolysis) is 1. The monoisotopic (exact) mass is 369 g/mol. The average Bonchev–Trinajstić information content (AvgIpc) is 2.49. The lowest BCUT2D eigenvalue weighted by atomic mass is 10.0. The normalized spacial score (nSPS) is 13.9. The minimum absolute atomic E-state index is 0.478. The van der Waals surface area contributed by atoms with Crippen molar-refractivity contribution in [3.05, 3.63) is 35.9 Å². The number of amides is 1. The second-order valence-corrected chi connectivity index (χ2v) is 6.71. The van der Waals surface area contributed by atoms with Gasteiger partial charge in [0.2, 0.25) is 3.79 Å². The number of nitrogens with one attached hydrogen (secondary N) is 1. The summed E-state index contributed by atoms with van der Waals surface area (Å²) in [6.45, 7) is -0.487. The van der Waals surface area contributed by atoms with E-state index in [9.17, 15) is 14.7 Å². The van der Waals surface area contributed by atoms with Gasteiger partial charge in [-0.1, -0.05) is 65.1 Å². The molecule has 2 N–H and O–H groups in total. The number of alkyl halides is 3. The summed E-state index contributed by atoms with van der Waals surface area (Å²) in [5, 5.41) is 12.3. The molecular formula is C13H14Cl3NO5. The van der Waals surface area contributed by atoms with Crippen LogP contribution in [0.2, 0.25) is 0 Å². The van der Waals surface area contributed by atoms with Crippen molar-refractivity contribution in [2.75, 3.05) is 13.7 Å². The number of esters is 1. The molecule has 2 atom stereocenters. The van der Waals surface area contributed by atoms with Crippen molar-refractivity contribution in [1.82, 2.24) is 5.32 Å². The van der Waals surface area contributed by atoms with E-state index in [-0.39, 0.29) is 0 Å². The highest BCUT2D eigenvalue weighted by Crippen LogP contribution is 2.26. The molecule has 0 aromatic heterocycles. The van der Waals surface area contributed by atoms with E-state index in [1.165, 1.54) is 0 Å². The predicted octanol–water partition coefficient (Wildman–Crippen LogP) is 2.36. The number of carbonyl (C=O) groups is 2. The van der Waals surface area contributed by atoms with Crippen molar-refractivity contribution in [3.8, 4) is 0 Å². The molecular weight excluding hydrogens is 357 g/mol. The number of aliphatic hydroxyl groups excluding tert-OH is 1. The van der Waals surface area contributed by atoms with Gasteiger partial charge in [0.1, 0.15) is 6.61 Å². The molecule has 0 aliphatic heterocycles. The number of benzene rings is 1. The SMILES string of the molecule is COC(=O)C(O)C(NC(=O)OCC(Cl)(Cl)Cl)c1ccccc1. The molecule has 6 nitrogen and oxygen atoms in total. The fourth-order valence-corrected chi connectivity index (χ4v) is 1.74. The van der Waals surface area contributed by atoms with Crippen LogP contribution in [0.5, 0.6) is 0 Å². The quantitative estimate of drug-likeness (QED) is 0.614. The molecule has 1 amide bonds. The van der Waals surface area contributed by atoms with Gasteiger partial charge >= 0.3 is 12.1 Å². The number of halogens is 3. The Kier molecular flexibility index (Phi) is 7.22. The van der Waals surface area contributed by atoms with Crippen LogP contribution in [0.25, 0.3) is 0 Å². The topological polar surface area (TPSA) is 84.9 Å². The Morgan fingerprint density at radius 1 is 1.27 bits per heavy atom. The Morgan fingerprint density at radius 3 is 2.36 bits per heavy atom. The molecule has 0 aliphatic rings. The highest BCUT2D eigenvalue weighted by molar-refractivity contribution is 6.67. The molecule has 0 fully saturated rings. The van der Waals surface area contributed by atoms with Gasteiger partial charge in [0, 0.05) is 0 Å². The molecule has 0 saturated heterocycles. The molecule has 2 unspecified atom stereocenters. The average molecular weight is 371 g/mol. The van der Waals surface area contributed by atoms with Gasteiger partial charge in [0.05, 0.1) is 13.2 Å². The van der Waals surface area contributed by atoms with Gasteiger partial charge in [0.25, 0.3) is 0 Å². The van der Waals surface area contributed by atoms with Crippen LogP contribution in [-0.4, -0.2) is 40.8 Å². The maximum absolute atomic E-state index is 11.7. The summed E-state index contributed by atoms with van der Waals surface area (Å²) >= 11 is 16.4. The van der Waals surface area contributed by atoms with Gasteiger partial charge in [-0.3, -0.25) is 0 Å². The first kappa shape index (κ1) is 18.8. The van der Waals surface area contributed by atoms with Gasteiger partial charge in [-0.05, 0) is 5.56 Å². The fourth-order valence-electron chi connectivity index (χ4n) is 1.58. The smallest absolute Gasteiger partial charge is 0.407 e. The first-order valence-electron chi connectivity index (χ1n) is 6.05. The van der Waals surface area contributed by atoms with Crippen LogP contribution >= 0.6 is 34.8 Å². The minimum atomic E-state index is -1.76. The largest absolute Gasteiger partial charge is 0.467 e. The van der Waals surface area contributed by atoms with Crippen molar-refractivity contribution < 1.29 is 24.2 Å². The third-order valence-corrected chi connectivity index (χ3v) is 2.88. The highest BCUT2D eigenvalue weighted by Gasteiger charge is 2.31. The van der Waals surface area contributed by atoms with E-state index in [4.69, 9.17) is 39.5 Å². The molecule has 0 aliphatic carbocycles. The maximum atomic E-state index is 11.7. The van der Waals surface area contributed by atoms with Crippen LogP contribution in [0, 0.1) is 0 Å². The molecule has 1 aromatic rings. The van der Waals surface area contributed by atoms with Crippen molar-refractivity contribution in [3.63, 3.8) is 0 Å². The van der Waals surface area contributed by atoms with Crippen LogP contribution in [0.15, 0.2) is 30.3 Å². The summed E-state index contributed by atoms with van der Waals surface area (Å²) in [6, 6.07) is 7.27. The van der Waals surface area contributed by atoms with Crippen LogP contribution in [-0.2, 0) is 14.3 Å². The summed E-state index contributed by atoms with van der Waals surface area (Å²) in [5.41, 5.74) is 0.478. The van der Waals surface area contributed by atoms with Gasteiger partial charge in [0.15, 0.2) is 6.10 Å². The lowest BCUT2D eigenvalue weighted by molar-refractivity contribution is -0.152. The van der Waals surface area contributed by atoms with Crippen molar-refractivity contribution in [2.24, 2.45) is 0 Å². The zero-order chi connectivity index (χ0) is 16.8. The second kappa shape index (κ2) is 8.43. The summed E-state index contributed by atoms with van der Waals surface area (Å²) in [7, 11) is 1.12. The summed E-state index contributed by atoms with van der Waals surface area (Å²) in [6.07, 6.45) is -2.57. The van der Waals surface area contributed by atoms with Crippen LogP contribution < -0.4 is 5.32 Å². The lowest BCUT2D eigenvalue weighted by Crippen LogP contribution is -2.41. The van der Waals surface area contributed by atoms with Crippen molar-refractivity contribution >= 4 is 46.9 Å². The van der Waals surface area contributed by atoms with E-state index in [0.717, 1.165) is 7.11 Å². The first-order chi connectivity index (χ1) is 10.2. The van der Waals surface area contributed by atoms with Crippen LogP contribution in [0.3, 0.4) is 0 Å². The number of ether oxygens (including phenoxy) is 2. The molecule has 0 bridgehead atoms. The zero-order valence-electron chi connectivity index (χ0n) is 11.5. The predicted molar refractivity (Wildman–Crippen MR) is 82.0 cm³/mol. The third-order valence-electron chi connectivity index (χ3n) is 2.56. The number of aliphatic hydroxyl groups is 1. The first-order valence-corrected chi connectivity index (χ1v) is 7.19. The second-order valence-electron chi connectivity index (χ2n) is 4.19. The molecule has 0 saturated carbocycles. The maximum Gasteiger partial charge on any atom is 0.407 e. The molecule has 0 radical (unpaired) electrons. The van der Waals surface area contributed by atoms with Gasteiger partial charge in [-0.15, -0.1) is 0 Å². The van der Waals surface area contributed by atoms with Gasteiger partial charge in [-0.2, -0.15) is 0 Å². The Bertz CT molecular complexity index is 506. The fraction of sp³-hybridized carbons (Fsp3) is 0.385. The van der Waals surface area contributed by atoms with E-state index in [1.54, 1.807) is 30.3 Å². The third kappa shape index (κ3) is 6.27. The van der Waals surface area contributed by atoms with Gasteiger partial charge in [-0.25, -0.2) is 9.59 Å². The van der Waals surface area contributed by atoms with Crippen LogP contribution in [0.1, 0.15) is 11.6 Å². The standard InChI is InChI=1S/C13H14Cl3NO5/c1-21-11(19)10(18)9(8-5-3-2-4-6-8)17-12(20)22-7-13(14,15)16/h2-6,9-10,18H,7H2,1H3,(H,17,20). The molecule has 0 heterocycles. The molecule has 9 heteroatoms. The number of carbonyl (C=O) groups excluding carboxylic acids is 2. The van der Waals surface area contributed by atoms with E-state index in [2.05, 4.69) is 10.1 Å². The van der Waals surface area contributed by atoms with E-state index < -0.39 is 34.6 Å². The molecule has 1 aromatic carbocycles. The number of methoxy groups -OCH3 is 1. The van der Waals surface area contributed by atoms with E-state index >= 15 is 0 Å². The summed E-state index contributed by atoms with van der Waals surface area (Å²) in [5.74, 6) is -0.907. The Morgan fingerprint density at radius 2 is 1.86 bits per heavy atom. The zero-order valence-corrected chi connectivity index (χ0v) is 13.7. The Hall–Kier alpha value is -1.21. The van der Waals surface area contributed by atoms with Crippen molar-refractivity contribution in [2.45, 2.75) is 15.9 Å². The number of hydrogen-bond donors (Lipinski definition) is 2. The highest BCUT2D eigenvalue weighted by atomic mass is 35.6. The van der Waals surface area contributed by atoms with Gasteiger partial charge < -0.3 is 19.9 Å². The van der Waals surface area contributed by atoms with E-state index in [1.807, 2.05) is 0 Å².